The third kappa shape index (κ3) is 16.7. The molecule has 3 heterocycles. The number of rotatable bonds is 21. The summed E-state index contributed by atoms with van der Waals surface area (Å²) in [7, 11) is 3.53. The van der Waals surface area contributed by atoms with Crippen molar-refractivity contribution in [3.63, 3.8) is 0 Å². The number of hydrogen-bond acceptors (Lipinski definition) is 18. The van der Waals surface area contributed by atoms with Crippen LogP contribution in [0.4, 0.5) is 13.2 Å². The van der Waals surface area contributed by atoms with Gasteiger partial charge in [-0.1, -0.05) is 97.1 Å². The topological polar surface area (TPSA) is 279 Å². The Morgan fingerprint density at radius 2 is 0.673 bits per heavy atom. The van der Waals surface area contributed by atoms with Crippen LogP contribution in [0.2, 0.25) is 0 Å². The van der Waals surface area contributed by atoms with E-state index in [1.807, 2.05) is 60.7 Å². The second-order valence-corrected chi connectivity index (χ2v) is 22.0. The fourth-order valence-corrected chi connectivity index (χ4v) is 10.3. The number of nitrogens with zero attached hydrogens (tertiary/aromatic N) is 3. The molecule has 2 N–H and O–H groups in total. The number of fused-ring (bicyclic) bond motifs is 3. The summed E-state index contributed by atoms with van der Waals surface area (Å²) in [6.07, 6.45) is 5.81. The van der Waals surface area contributed by atoms with Gasteiger partial charge < -0.3 is 33.9 Å². The maximum absolute atomic E-state index is 13.3. The van der Waals surface area contributed by atoms with Crippen LogP contribution in [0.1, 0.15) is 121 Å². The van der Waals surface area contributed by atoms with Crippen LogP contribution < -0.4 is 9.47 Å². The molecule has 0 aliphatic rings. The Morgan fingerprint density at radius 1 is 0.367 bits per heavy atom. The maximum atomic E-state index is 13.3. The lowest BCUT2D eigenvalue weighted by Gasteiger charge is -2.16. The van der Waals surface area contributed by atoms with E-state index in [0.717, 1.165) is 59.5 Å². The molecule has 494 valence electrons. The molecule has 22 heteroatoms. The van der Waals surface area contributed by atoms with Crippen molar-refractivity contribution in [1.29, 1.82) is 0 Å². The minimum Gasteiger partial charge on any atom is -0.505 e. The SMILES string of the molecule is COC(=O)c1cc(C(=O)C(=O)O)c2cc(Cc3ccc(F)cc3)cnc2c1OCc1ccccc1.COC(=O)c1cc(C(=O)C(C)=O)c2cc(Cc3ccc(F)cc3)cnc2c1O.COC(=O)c1cc(C(=O)C(C)=O)c2cc(Cc3ccc(F)cc3)cnc2c1OCc1ccccc1. The molecule has 0 saturated carbocycles. The van der Waals surface area contributed by atoms with Crippen molar-refractivity contribution in [1.82, 2.24) is 15.0 Å². The summed E-state index contributed by atoms with van der Waals surface area (Å²) in [5, 5.41) is 20.6. The van der Waals surface area contributed by atoms with E-state index in [9.17, 15) is 66.5 Å². The van der Waals surface area contributed by atoms with Crippen molar-refractivity contribution >= 4 is 85.5 Å². The van der Waals surface area contributed by atoms with Crippen LogP contribution in [0.5, 0.6) is 17.2 Å². The van der Waals surface area contributed by atoms with Gasteiger partial charge in [-0.3, -0.25) is 38.9 Å². The van der Waals surface area contributed by atoms with Crippen LogP contribution in [0.3, 0.4) is 0 Å². The molecule has 0 amide bonds. The number of phenols is 1. The number of carboxylic acid groups (broad SMARTS) is 1. The van der Waals surface area contributed by atoms with E-state index in [4.69, 9.17) is 18.9 Å². The molecule has 0 unspecified atom stereocenters. The van der Waals surface area contributed by atoms with E-state index in [-0.39, 0.29) is 103 Å². The number of phenolic OH excluding ortho intramolecular Hbond substituents is 1. The molecule has 8 aromatic carbocycles. The molecule has 0 atom stereocenters. The normalized spacial score (nSPS) is 10.7. The summed E-state index contributed by atoms with van der Waals surface area (Å²) in [5.74, 6) is -9.46. The van der Waals surface area contributed by atoms with Gasteiger partial charge >= 0.3 is 23.9 Å². The smallest absolute Gasteiger partial charge is 0.377 e. The van der Waals surface area contributed by atoms with Gasteiger partial charge in [-0.2, -0.15) is 0 Å². The van der Waals surface area contributed by atoms with Crippen molar-refractivity contribution in [2.24, 2.45) is 0 Å². The Balaban J connectivity index is 0.000000173. The number of carboxylic acids is 1. The number of methoxy groups -OCH3 is 3. The highest BCUT2D eigenvalue weighted by molar-refractivity contribution is 6.46. The lowest BCUT2D eigenvalue weighted by molar-refractivity contribution is -0.131. The molecule has 11 rings (SSSR count). The lowest BCUT2D eigenvalue weighted by Crippen LogP contribution is -2.16. The molecule has 98 heavy (non-hydrogen) atoms. The number of halogens is 3. The van der Waals surface area contributed by atoms with Gasteiger partial charge in [0.1, 0.15) is 63.9 Å². The predicted molar refractivity (Wildman–Crippen MR) is 352 cm³/mol. The Morgan fingerprint density at radius 3 is 1.00 bits per heavy atom. The average molecular weight is 1330 g/mol. The molecule has 3 aromatic heterocycles. The van der Waals surface area contributed by atoms with Gasteiger partial charge in [-0.15, -0.1) is 0 Å². The standard InChI is InChI=1S/C28H22FNO5.C27H20FNO6.C21H16FNO5/c1-17(31)26(32)23-14-24(28(33)34-2)27(35-16-19-6-4-3-5-7-19)25-22(23)13-20(15-30-25)12-18-8-10-21(29)11-9-18;1-34-27(33)22-13-21(24(30)26(31)32)20-12-18(11-16-7-9-19(28)10-8-16)14-29-23(20)25(22)35-15-17-5-3-2-4-6-17;1-11(24)19(25)16-9-17(21(27)28-2)20(26)18-15(16)8-13(10-23-18)7-12-3-5-14(22)6-4-12/h3-11,13-15H,12,16H2,1-2H3;2-10,12-14H,11,15H2,1H3,(H,31,32);3-6,8-10,26H,7H2,1-2H3. The highest BCUT2D eigenvalue weighted by atomic mass is 19.1. The lowest BCUT2D eigenvalue weighted by atomic mass is 9.96. The van der Waals surface area contributed by atoms with E-state index in [1.54, 1.807) is 60.8 Å². The van der Waals surface area contributed by atoms with Gasteiger partial charge in [0.25, 0.3) is 5.78 Å². The van der Waals surface area contributed by atoms with Gasteiger partial charge in [0.2, 0.25) is 11.6 Å². The zero-order valence-corrected chi connectivity index (χ0v) is 53.0. The second-order valence-electron chi connectivity index (χ2n) is 22.0. The van der Waals surface area contributed by atoms with E-state index in [1.165, 1.54) is 76.0 Å². The monoisotopic (exact) mass is 1330 g/mol. The Hall–Kier alpha value is -12.6. The van der Waals surface area contributed by atoms with Gasteiger partial charge in [0.15, 0.2) is 28.8 Å². The summed E-state index contributed by atoms with van der Waals surface area (Å²) in [4.78, 5) is 123. The summed E-state index contributed by atoms with van der Waals surface area (Å²) in [6, 6.07) is 45.1. The summed E-state index contributed by atoms with van der Waals surface area (Å²) < 4.78 is 66.0. The number of hydrogen-bond donors (Lipinski definition) is 2. The minimum atomic E-state index is -1.68. The zero-order valence-electron chi connectivity index (χ0n) is 53.0. The largest absolute Gasteiger partial charge is 0.505 e. The van der Waals surface area contributed by atoms with Crippen molar-refractivity contribution < 1.29 is 90.2 Å². The molecule has 0 fully saturated rings. The number of esters is 3. The third-order valence-electron chi connectivity index (χ3n) is 15.2. The molecule has 0 spiro atoms. The fourth-order valence-electron chi connectivity index (χ4n) is 10.3. The summed E-state index contributed by atoms with van der Waals surface area (Å²) in [6.45, 7) is 2.54. The van der Waals surface area contributed by atoms with Crippen LogP contribution >= 0.6 is 0 Å². The molecule has 0 radical (unpaired) electrons. The summed E-state index contributed by atoms with van der Waals surface area (Å²) >= 11 is 0. The number of carbonyl (C=O) groups excluding carboxylic acids is 8. The molecule has 11 aromatic rings. The fraction of sp³-hybridized carbons (Fsp3) is 0.132. The first-order valence-electron chi connectivity index (χ1n) is 29.8. The number of carbonyl (C=O) groups is 9. The molecular weight excluding hydrogens is 1270 g/mol. The molecule has 0 aliphatic heterocycles. The van der Waals surface area contributed by atoms with Gasteiger partial charge in [0, 0.05) is 65.3 Å². The van der Waals surface area contributed by atoms with E-state index in [2.05, 4.69) is 19.7 Å². The molecular formula is C76H58F3N3O16. The summed E-state index contributed by atoms with van der Waals surface area (Å²) in [5.41, 5.74) is 6.06. The van der Waals surface area contributed by atoms with Crippen LogP contribution in [0.15, 0.2) is 188 Å². The van der Waals surface area contributed by atoms with E-state index in [0.29, 0.717) is 35.8 Å². The Kier molecular flexibility index (Phi) is 22.5. The highest BCUT2D eigenvalue weighted by Gasteiger charge is 2.29. The second kappa shape index (κ2) is 31.6. The molecule has 19 nitrogen and oxygen atoms in total. The highest BCUT2D eigenvalue weighted by Crippen LogP contribution is 2.37. The number of ether oxygens (including phenoxy) is 5. The quantitative estimate of drug-likeness (QED) is 0.0293. The first-order chi connectivity index (χ1) is 47.0. The van der Waals surface area contributed by atoms with E-state index >= 15 is 0 Å². The van der Waals surface area contributed by atoms with Crippen LogP contribution in [-0.2, 0) is 61.1 Å². The number of Topliss-reactive ketones (excluding diaryl/α,β-unsaturated/α-hetero) is 5. The Labute approximate surface area is 557 Å². The number of aromatic hydroxyl groups is 1. The van der Waals surface area contributed by atoms with Gasteiger partial charge in [0.05, 0.1) is 21.3 Å². The Bertz CT molecular complexity index is 4700. The average Bonchev–Trinajstić information content (AvgIpc) is 0.776. The number of aromatic nitrogens is 3. The number of aliphatic carboxylic acids is 1. The third-order valence-corrected chi connectivity index (χ3v) is 15.2. The maximum Gasteiger partial charge on any atom is 0.377 e. The van der Waals surface area contributed by atoms with Crippen molar-refractivity contribution in [2.75, 3.05) is 21.3 Å². The first-order valence-corrected chi connectivity index (χ1v) is 29.8. The minimum absolute atomic E-state index is 0.000634. The first kappa shape index (κ1) is 69.7. The van der Waals surface area contributed by atoms with Crippen LogP contribution in [-0.4, -0.2) is 99.3 Å². The van der Waals surface area contributed by atoms with Crippen molar-refractivity contribution in [2.45, 2.75) is 46.3 Å². The van der Waals surface area contributed by atoms with Gasteiger partial charge in [-0.05, 0) is 137 Å². The predicted octanol–water partition coefficient (Wildman–Crippen LogP) is 12.9. The number of ketones is 5. The molecule has 0 aliphatic carbocycles. The zero-order chi connectivity index (χ0) is 70.3. The number of benzene rings is 8. The van der Waals surface area contributed by atoms with E-state index < -0.39 is 58.5 Å². The van der Waals surface area contributed by atoms with Gasteiger partial charge in [-0.25, -0.2) is 32.3 Å². The van der Waals surface area contributed by atoms with Crippen LogP contribution in [0.25, 0.3) is 32.7 Å². The van der Waals surface area contributed by atoms with Crippen molar-refractivity contribution in [3.8, 4) is 17.2 Å². The van der Waals surface area contributed by atoms with Crippen LogP contribution in [0, 0.1) is 17.5 Å². The number of pyridine rings is 3. The van der Waals surface area contributed by atoms with Crippen molar-refractivity contribution in [3.05, 3.63) is 284 Å². The molecule has 0 bridgehead atoms. The molecule has 0 saturated heterocycles.